The van der Waals surface area contributed by atoms with Gasteiger partial charge in [0.05, 0.1) is 25.8 Å². The summed E-state index contributed by atoms with van der Waals surface area (Å²) >= 11 is 0. The van der Waals surface area contributed by atoms with Gasteiger partial charge >= 0.3 is 5.97 Å². The van der Waals surface area contributed by atoms with Crippen molar-refractivity contribution >= 4 is 11.9 Å². The molecule has 1 N–H and O–H groups in total. The minimum atomic E-state index is -1.34. The fraction of sp³-hybridized carbons (Fsp3) is 0.500. The molecule has 1 aromatic rings. The highest BCUT2D eigenvalue weighted by molar-refractivity contribution is 5.97. The monoisotopic (exact) mass is 308 g/mol. The Bertz CT molecular complexity index is 710. The third-order valence-electron chi connectivity index (χ3n) is 4.30. The van der Waals surface area contributed by atoms with E-state index < -0.39 is 17.0 Å². The third kappa shape index (κ3) is 1.91. The summed E-state index contributed by atoms with van der Waals surface area (Å²) in [5.41, 5.74) is -1.08. The average molecular weight is 308 g/mol. The molecule has 1 aromatic heterocycles. The maximum atomic E-state index is 12.6. The van der Waals surface area contributed by atoms with Crippen molar-refractivity contribution in [3.05, 3.63) is 27.7 Å². The average Bonchev–Trinajstić information content (AvgIpc) is 2.51. The zero-order valence-corrected chi connectivity index (χ0v) is 12.2. The summed E-state index contributed by atoms with van der Waals surface area (Å²) in [6.07, 6.45) is 1.87. The van der Waals surface area contributed by atoms with E-state index in [-0.39, 0.29) is 29.4 Å². The molecular formula is C14H16N2O6. The molecule has 1 saturated heterocycles. The van der Waals surface area contributed by atoms with Gasteiger partial charge in [0, 0.05) is 19.9 Å². The largest absolute Gasteiger partial charge is 0.491 e. The molecule has 1 fully saturated rings. The van der Waals surface area contributed by atoms with Crippen molar-refractivity contribution in [2.24, 2.45) is 0 Å². The smallest absolute Gasteiger partial charge is 0.341 e. The van der Waals surface area contributed by atoms with Crippen LogP contribution in [-0.4, -0.2) is 59.9 Å². The minimum absolute atomic E-state index is 0.100. The lowest BCUT2D eigenvalue weighted by atomic mass is 9.96. The van der Waals surface area contributed by atoms with E-state index in [1.165, 1.54) is 18.2 Å². The van der Waals surface area contributed by atoms with E-state index in [1.807, 2.05) is 0 Å². The van der Waals surface area contributed by atoms with Crippen molar-refractivity contribution in [2.75, 3.05) is 27.4 Å². The Balaban J connectivity index is 2.30. The van der Waals surface area contributed by atoms with Crippen LogP contribution in [0.25, 0.3) is 0 Å². The number of aromatic carboxylic acids is 1. The first-order valence-electron chi connectivity index (χ1n) is 6.88. The molecule has 0 spiro atoms. The Hall–Kier alpha value is -2.35. The maximum absolute atomic E-state index is 12.6. The number of aromatic nitrogens is 1. The van der Waals surface area contributed by atoms with Crippen LogP contribution in [0.5, 0.6) is 5.75 Å². The first-order valence-corrected chi connectivity index (χ1v) is 6.88. The van der Waals surface area contributed by atoms with Crippen LogP contribution in [0.1, 0.15) is 33.3 Å². The number of carbonyl (C=O) groups excluding carboxylic acids is 1. The molecule has 0 saturated carbocycles. The second-order valence-electron chi connectivity index (χ2n) is 5.38. The zero-order chi connectivity index (χ0) is 16.0. The van der Waals surface area contributed by atoms with Gasteiger partial charge in [0.25, 0.3) is 5.91 Å². The molecule has 1 amide bonds. The van der Waals surface area contributed by atoms with Gasteiger partial charge in [0.2, 0.25) is 5.43 Å². The van der Waals surface area contributed by atoms with Gasteiger partial charge in [-0.3, -0.25) is 9.59 Å². The molecule has 0 aliphatic carbocycles. The third-order valence-corrected chi connectivity index (χ3v) is 4.30. The number of carboxylic acid groups (broad SMARTS) is 1. The molecule has 3 rings (SSSR count). The number of methoxy groups -OCH3 is 1. The highest BCUT2D eigenvalue weighted by atomic mass is 16.5. The molecule has 8 nitrogen and oxygen atoms in total. The number of nitrogens with zero attached hydrogens (tertiary/aromatic N) is 2. The van der Waals surface area contributed by atoms with E-state index in [1.54, 1.807) is 11.6 Å². The van der Waals surface area contributed by atoms with E-state index in [0.717, 1.165) is 0 Å². The van der Waals surface area contributed by atoms with Gasteiger partial charge in [-0.1, -0.05) is 0 Å². The fourth-order valence-corrected chi connectivity index (χ4v) is 3.14. The number of rotatable bonds is 2. The zero-order valence-electron chi connectivity index (χ0n) is 12.2. The Labute approximate surface area is 125 Å². The number of ether oxygens (including phenoxy) is 2. The summed E-state index contributed by atoms with van der Waals surface area (Å²) in [7, 11) is 2.90. The highest BCUT2D eigenvalue weighted by Gasteiger charge is 2.42. The number of pyridine rings is 1. The van der Waals surface area contributed by atoms with Gasteiger partial charge in [0.15, 0.2) is 11.4 Å². The lowest BCUT2D eigenvalue weighted by Crippen LogP contribution is -2.54. The molecule has 2 atom stereocenters. The molecule has 2 aliphatic rings. The lowest BCUT2D eigenvalue weighted by molar-refractivity contribution is -0.0116. The molecule has 0 aromatic carbocycles. The standard InChI is InChI=1S/C14H16N2O6/c1-15-9-6-22-4-3-8(9)16-5-7(14(19)20)11(17)12(21-2)10(16)13(15)18/h5,8-9H,3-4,6H2,1-2H3,(H,19,20)/t8-,9+/m0/s1. The van der Waals surface area contributed by atoms with Gasteiger partial charge in [0.1, 0.15) is 5.56 Å². The molecular weight excluding hydrogens is 292 g/mol. The molecule has 118 valence electrons. The van der Waals surface area contributed by atoms with Crippen LogP contribution in [0.4, 0.5) is 0 Å². The van der Waals surface area contributed by atoms with Gasteiger partial charge in [-0.25, -0.2) is 4.79 Å². The molecule has 0 radical (unpaired) electrons. The predicted molar refractivity (Wildman–Crippen MR) is 74.6 cm³/mol. The van der Waals surface area contributed by atoms with Crippen LogP contribution in [0.3, 0.4) is 0 Å². The summed E-state index contributed by atoms with van der Waals surface area (Å²) in [5, 5.41) is 9.21. The SMILES string of the molecule is COc1c2n(cc(C(=O)O)c1=O)[C@H]1CCOC[C@H]1N(C)C2=O. The number of hydrogen-bond donors (Lipinski definition) is 1. The van der Waals surface area contributed by atoms with Crippen molar-refractivity contribution in [3.8, 4) is 5.75 Å². The summed E-state index contributed by atoms with van der Waals surface area (Å²) in [6, 6.07) is -0.332. The number of carboxylic acids is 1. The van der Waals surface area contributed by atoms with Gasteiger partial charge < -0.3 is 24.0 Å². The topological polar surface area (TPSA) is 98.1 Å². The van der Waals surface area contributed by atoms with Crippen LogP contribution >= 0.6 is 0 Å². The molecule has 0 unspecified atom stereocenters. The minimum Gasteiger partial charge on any atom is -0.491 e. The second kappa shape index (κ2) is 5.13. The number of amides is 1. The normalized spacial score (nSPS) is 23.7. The molecule has 3 heterocycles. The van der Waals surface area contributed by atoms with Crippen molar-refractivity contribution in [1.82, 2.24) is 9.47 Å². The lowest BCUT2D eigenvalue weighted by Gasteiger charge is -2.44. The predicted octanol–water partition coefficient (Wildman–Crippen LogP) is -0.0293. The van der Waals surface area contributed by atoms with E-state index in [2.05, 4.69) is 0 Å². The Morgan fingerprint density at radius 1 is 1.41 bits per heavy atom. The van der Waals surface area contributed by atoms with Crippen LogP contribution in [0.2, 0.25) is 0 Å². The molecule has 0 bridgehead atoms. The number of hydrogen-bond acceptors (Lipinski definition) is 5. The maximum Gasteiger partial charge on any atom is 0.341 e. The van der Waals surface area contributed by atoms with E-state index in [9.17, 15) is 19.5 Å². The van der Waals surface area contributed by atoms with E-state index in [0.29, 0.717) is 19.6 Å². The Kier molecular flexibility index (Phi) is 3.40. The van der Waals surface area contributed by atoms with Crippen molar-refractivity contribution in [1.29, 1.82) is 0 Å². The van der Waals surface area contributed by atoms with Crippen LogP contribution in [0.15, 0.2) is 11.0 Å². The van der Waals surface area contributed by atoms with Crippen LogP contribution in [-0.2, 0) is 4.74 Å². The summed E-state index contributed by atoms with van der Waals surface area (Å²) in [5.74, 6) is -1.94. The first kappa shape index (κ1) is 14.6. The van der Waals surface area contributed by atoms with Gasteiger partial charge in [-0.15, -0.1) is 0 Å². The number of fused-ring (bicyclic) bond motifs is 3. The summed E-state index contributed by atoms with van der Waals surface area (Å²) in [6.45, 7) is 0.892. The number of likely N-dealkylation sites (N-methyl/N-ethyl adjacent to an activating group) is 1. The van der Waals surface area contributed by atoms with Gasteiger partial charge in [-0.05, 0) is 6.42 Å². The van der Waals surface area contributed by atoms with Crippen molar-refractivity contribution < 1.29 is 24.2 Å². The Morgan fingerprint density at radius 2 is 2.14 bits per heavy atom. The summed E-state index contributed by atoms with van der Waals surface area (Å²) in [4.78, 5) is 37.6. The van der Waals surface area contributed by atoms with Crippen LogP contribution in [0, 0.1) is 0 Å². The summed E-state index contributed by atoms with van der Waals surface area (Å²) < 4.78 is 12.0. The molecule has 8 heteroatoms. The van der Waals surface area contributed by atoms with E-state index >= 15 is 0 Å². The van der Waals surface area contributed by atoms with Crippen LogP contribution < -0.4 is 10.2 Å². The second-order valence-corrected chi connectivity index (χ2v) is 5.38. The van der Waals surface area contributed by atoms with Gasteiger partial charge in [-0.2, -0.15) is 0 Å². The van der Waals surface area contributed by atoms with Crippen molar-refractivity contribution in [2.45, 2.75) is 18.5 Å². The Morgan fingerprint density at radius 3 is 2.77 bits per heavy atom. The fourth-order valence-electron chi connectivity index (χ4n) is 3.14. The molecule has 2 aliphatic heterocycles. The van der Waals surface area contributed by atoms with E-state index in [4.69, 9.17) is 9.47 Å². The first-order chi connectivity index (χ1) is 10.5. The highest BCUT2D eigenvalue weighted by Crippen LogP contribution is 2.34. The number of carbonyl (C=O) groups is 2. The van der Waals surface area contributed by atoms with Crippen molar-refractivity contribution in [3.63, 3.8) is 0 Å². The molecule has 22 heavy (non-hydrogen) atoms. The quantitative estimate of drug-likeness (QED) is 0.824.